The predicted molar refractivity (Wildman–Crippen MR) is 58.6 cm³/mol. The van der Waals surface area contributed by atoms with E-state index in [0.29, 0.717) is 17.1 Å². The Morgan fingerprint density at radius 3 is 3.06 bits per heavy atom. The summed E-state index contributed by atoms with van der Waals surface area (Å²) >= 11 is 0. The minimum atomic E-state index is -0.303. The van der Waals surface area contributed by atoms with Gasteiger partial charge in [-0.3, -0.25) is 9.89 Å². The number of nitrogens with one attached hydrogen (secondary N) is 3. The van der Waals surface area contributed by atoms with Crippen LogP contribution in [0.4, 0.5) is 11.5 Å². The number of nitrogens with zero attached hydrogens (tertiary/aromatic N) is 2. The minimum Gasteiger partial charge on any atom is -0.319 e. The van der Waals surface area contributed by atoms with Crippen LogP contribution in [0.2, 0.25) is 0 Å². The van der Waals surface area contributed by atoms with Gasteiger partial charge >= 0.3 is 0 Å². The molecule has 0 aliphatic heterocycles. The van der Waals surface area contributed by atoms with Crippen LogP contribution in [0.3, 0.4) is 0 Å². The van der Waals surface area contributed by atoms with Crippen LogP contribution in [0, 0.1) is 0 Å². The van der Waals surface area contributed by atoms with Gasteiger partial charge in [0.1, 0.15) is 0 Å². The molecule has 0 spiro atoms. The highest BCUT2D eigenvalue weighted by Gasteiger charge is 2.11. The van der Waals surface area contributed by atoms with Crippen LogP contribution in [0.15, 0.2) is 30.7 Å². The topological polar surface area (TPSA) is 109 Å². The summed E-state index contributed by atoms with van der Waals surface area (Å²) in [6, 6.07) is 3.28. The number of hydrogen-bond donors (Lipinski definition) is 4. The van der Waals surface area contributed by atoms with E-state index in [9.17, 15) is 4.79 Å². The molecule has 2 rings (SSSR count). The molecule has 82 valence electrons. The molecule has 0 unspecified atom stereocenters. The Hall–Kier alpha value is -2.41. The van der Waals surface area contributed by atoms with Gasteiger partial charge in [-0.25, -0.2) is 10.8 Å². The van der Waals surface area contributed by atoms with Crippen molar-refractivity contribution in [3.05, 3.63) is 36.3 Å². The average Bonchev–Trinajstić information content (AvgIpc) is 2.81. The summed E-state index contributed by atoms with van der Waals surface area (Å²) in [5.74, 6) is 5.27. The Morgan fingerprint density at radius 1 is 1.50 bits per heavy atom. The van der Waals surface area contributed by atoms with Crippen LogP contribution in [-0.4, -0.2) is 21.1 Å². The highest BCUT2D eigenvalue weighted by Crippen LogP contribution is 2.12. The molecule has 0 saturated heterocycles. The zero-order valence-electron chi connectivity index (χ0n) is 8.27. The third-order valence-corrected chi connectivity index (χ3v) is 1.95. The quantitative estimate of drug-likeness (QED) is 0.439. The molecule has 2 heterocycles. The number of carbonyl (C=O) groups is 1. The van der Waals surface area contributed by atoms with Crippen molar-refractivity contribution in [3.8, 4) is 0 Å². The number of pyridine rings is 1. The zero-order valence-corrected chi connectivity index (χ0v) is 8.27. The second-order valence-corrected chi connectivity index (χ2v) is 2.99. The molecule has 16 heavy (non-hydrogen) atoms. The lowest BCUT2D eigenvalue weighted by atomic mass is 10.2. The molecule has 0 atom stereocenters. The molecule has 7 heteroatoms. The Labute approximate surface area is 91.0 Å². The maximum Gasteiger partial charge on any atom is 0.259 e. The number of rotatable bonds is 3. The van der Waals surface area contributed by atoms with Gasteiger partial charge in [-0.05, 0) is 12.1 Å². The first-order valence-electron chi connectivity index (χ1n) is 4.53. The number of nitrogen functional groups attached to an aromatic ring is 1. The summed E-state index contributed by atoms with van der Waals surface area (Å²) in [7, 11) is 0. The van der Waals surface area contributed by atoms with Crippen molar-refractivity contribution in [2.75, 3.05) is 10.7 Å². The Morgan fingerprint density at radius 2 is 2.38 bits per heavy atom. The van der Waals surface area contributed by atoms with Crippen molar-refractivity contribution in [1.29, 1.82) is 0 Å². The summed E-state index contributed by atoms with van der Waals surface area (Å²) in [6.45, 7) is 0. The first-order valence-corrected chi connectivity index (χ1v) is 4.53. The third kappa shape index (κ3) is 1.98. The van der Waals surface area contributed by atoms with Gasteiger partial charge < -0.3 is 10.7 Å². The number of aromatic nitrogens is 3. The van der Waals surface area contributed by atoms with Crippen LogP contribution in [-0.2, 0) is 0 Å². The molecule has 0 radical (unpaired) electrons. The van der Waals surface area contributed by atoms with Crippen LogP contribution < -0.4 is 16.6 Å². The van der Waals surface area contributed by atoms with Crippen molar-refractivity contribution < 1.29 is 4.79 Å². The monoisotopic (exact) mass is 218 g/mol. The molecule has 7 nitrogen and oxygen atoms in total. The minimum absolute atomic E-state index is 0.303. The smallest absolute Gasteiger partial charge is 0.259 e. The lowest BCUT2D eigenvalue weighted by molar-refractivity contribution is 0.102. The summed E-state index contributed by atoms with van der Waals surface area (Å²) in [5.41, 5.74) is 3.31. The van der Waals surface area contributed by atoms with Crippen LogP contribution in [0.5, 0.6) is 0 Å². The molecule has 0 aliphatic rings. The van der Waals surface area contributed by atoms with Crippen LogP contribution in [0.25, 0.3) is 0 Å². The number of aromatic amines is 1. The second kappa shape index (κ2) is 4.41. The van der Waals surface area contributed by atoms with E-state index in [1.807, 2.05) is 0 Å². The highest BCUT2D eigenvalue weighted by molar-refractivity contribution is 6.07. The highest BCUT2D eigenvalue weighted by atomic mass is 16.1. The summed E-state index contributed by atoms with van der Waals surface area (Å²) < 4.78 is 0. The van der Waals surface area contributed by atoms with Gasteiger partial charge in [-0.2, -0.15) is 5.10 Å². The summed E-state index contributed by atoms with van der Waals surface area (Å²) in [5, 5.41) is 8.95. The number of H-pyrrole nitrogens is 1. The van der Waals surface area contributed by atoms with Gasteiger partial charge in [0.2, 0.25) is 0 Å². The number of hydrogen-bond acceptors (Lipinski definition) is 5. The van der Waals surface area contributed by atoms with Gasteiger partial charge in [-0.1, -0.05) is 0 Å². The zero-order chi connectivity index (χ0) is 11.4. The predicted octanol–water partition coefficient (Wildman–Crippen LogP) is 0.343. The van der Waals surface area contributed by atoms with E-state index in [-0.39, 0.29) is 5.91 Å². The second-order valence-electron chi connectivity index (χ2n) is 2.99. The Kier molecular flexibility index (Phi) is 2.79. The standard InChI is InChI=1S/C9H10N6O/c10-15-8-7(2-1-3-11-8)9(16)14-6-4-12-13-5-6/h1-5H,10H2,(H,11,15)(H,12,13)(H,14,16). The summed E-state index contributed by atoms with van der Waals surface area (Å²) in [6.07, 6.45) is 4.62. The fourth-order valence-corrected chi connectivity index (χ4v) is 1.22. The number of nitrogens with two attached hydrogens (primary N) is 1. The largest absolute Gasteiger partial charge is 0.319 e. The first-order chi connectivity index (χ1) is 7.81. The third-order valence-electron chi connectivity index (χ3n) is 1.95. The van der Waals surface area contributed by atoms with E-state index in [1.165, 1.54) is 6.20 Å². The van der Waals surface area contributed by atoms with Gasteiger partial charge in [0, 0.05) is 12.4 Å². The number of amides is 1. The van der Waals surface area contributed by atoms with Gasteiger partial charge in [0.15, 0.2) is 5.82 Å². The SMILES string of the molecule is NNc1ncccc1C(=O)Nc1cn[nH]c1. The lowest BCUT2D eigenvalue weighted by Crippen LogP contribution is -2.18. The van der Waals surface area contributed by atoms with E-state index < -0.39 is 0 Å². The molecule has 0 bridgehead atoms. The molecular formula is C9H10N6O. The fourth-order valence-electron chi connectivity index (χ4n) is 1.22. The van der Waals surface area contributed by atoms with Gasteiger partial charge in [0.25, 0.3) is 5.91 Å². The normalized spacial score (nSPS) is 9.81. The number of hydrazine groups is 1. The molecule has 0 saturated carbocycles. The molecular weight excluding hydrogens is 208 g/mol. The van der Waals surface area contributed by atoms with Crippen molar-refractivity contribution in [2.45, 2.75) is 0 Å². The molecule has 0 aromatic carbocycles. The molecule has 0 aliphatic carbocycles. The van der Waals surface area contributed by atoms with Gasteiger partial charge in [0.05, 0.1) is 17.4 Å². The first kappa shape index (κ1) is 10.1. The number of anilines is 2. The van der Waals surface area contributed by atoms with E-state index in [2.05, 4.69) is 25.9 Å². The molecule has 0 fully saturated rings. The lowest BCUT2D eigenvalue weighted by Gasteiger charge is -2.06. The van der Waals surface area contributed by atoms with E-state index >= 15 is 0 Å². The molecule has 1 amide bonds. The number of carbonyl (C=O) groups excluding carboxylic acids is 1. The van der Waals surface area contributed by atoms with Crippen LogP contribution >= 0.6 is 0 Å². The molecule has 2 aromatic rings. The molecule has 2 aromatic heterocycles. The van der Waals surface area contributed by atoms with Crippen molar-refractivity contribution in [3.63, 3.8) is 0 Å². The van der Waals surface area contributed by atoms with E-state index in [4.69, 9.17) is 5.84 Å². The van der Waals surface area contributed by atoms with Crippen molar-refractivity contribution in [2.24, 2.45) is 5.84 Å². The summed E-state index contributed by atoms with van der Waals surface area (Å²) in [4.78, 5) is 15.7. The molecule has 5 N–H and O–H groups in total. The van der Waals surface area contributed by atoms with Crippen molar-refractivity contribution >= 4 is 17.4 Å². The van der Waals surface area contributed by atoms with Gasteiger partial charge in [-0.15, -0.1) is 0 Å². The fraction of sp³-hybridized carbons (Fsp3) is 0. The Balaban J connectivity index is 2.21. The van der Waals surface area contributed by atoms with E-state index in [1.54, 1.807) is 24.5 Å². The van der Waals surface area contributed by atoms with Crippen LogP contribution in [0.1, 0.15) is 10.4 Å². The maximum absolute atomic E-state index is 11.8. The average molecular weight is 218 g/mol. The Bertz CT molecular complexity index is 481. The van der Waals surface area contributed by atoms with Crippen molar-refractivity contribution in [1.82, 2.24) is 15.2 Å². The maximum atomic E-state index is 11.8. The van der Waals surface area contributed by atoms with E-state index in [0.717, 1.165) is 0 Å².